The van der Waals surface area contributed by atoms with Crippen molar-refractivity contribution in [3.05, 3.63) is 58.7 Å². The number of fused-ring (bicyclic) bond motifs is 1. The van der Waals surface area contributed by atoms with E-state index in [2.05, 4.69) is 33.8 Å². The first-order valence-electron chi connectivity index (χ1n) is 7.94. The van der Waals surface area contributed by atoms with Crippen LogP contribution in [-0.2, 0) is 17.3 Å². The van der Waals surface area contributed by atoms with E-state index in [0.29, 0.717) is 5.75 Å². The van der Waals surface area contributed by atoms with E-state index in [1.165, 1.54) is 11.1 Å². The van der Waals surface area contributed by atoms with E-state index in [1.54, 1.807) is 6.07 Å². The van der Waals surface area contributed by atoms with Crippen LogP contribution in [0.4, 0.5) is 0 Å². The fourth-order valence-corrected chi connectivity index (χ4v) is 4.17. The SMILES string of the molecule is CCc1cc(O)c2c(c1)C(C)(C)CC2(C)c1cccc(O)c1. The number of hydrogen-bond donors (Lipinski definition) is 2. The monoisotopic (exact) mass is 296 g/mol. The van der Waals surface area contributed by atoms with Gasteiger partial charge in [0.2, 0.25) is 0 Å². The summed E-state index contributed by atoms with van der Waals surface area (Å²) in [5.41, 5.74) is 4.19. The first kappa shape index (κ1) is 15.0. The van der Waals surface area contributed by atoms with E-state index >= 15 is 0 Å². The van der Waals surface area contributed by atoms with Crippen molar-refractivity contribution in [2.45, 2.75) is 51.4 Å². The molecule has 0 saturated carbocycles. The van der Waals surface area contributed by atoms with Crippen LogP contribution in [0.3, 0.4) is 0 Å². The Hall–Kier alpha value is -1.96. The quantitative estimate of drug-likeness (QED) is 0.847. The third-order valence-corrected chi connectivity index (χ3v) is 5.15. The number of aromatic hydroxyl groups is 2. The molecule has 0 aliphatic heterocycles. The molecule has 22 heavy (non-hydrogen) atoms. The van der Waals surface area contributed by atoms with Gasteiger partial charge >= 0.3 is 0 Å². The minimum Gasteiger partial charge on any atom is -0.508 e. The van der Waals surface area contributed by atoms with Gasteiger partial charge in [0, 0.05) is 11.0 Å². The third kappa shape index (κ3) is 2.09. The molecular formula is C20H24O2. The number of benzene rings is 2. The highest BCUT2D eigenvalue weighted by Crippen LogP contribution is 2.56. The van der Waals surface area contributed by atoms with Crippen molar-refractivity contribution in [3.63, 3.8) is 0 Å². The standard InChI is InChI=1S/C20H24O2/c1-5-13-9-16-18(17(22)10-13)20(4,12-19(16,2)3)14-7-6-8-15(21)11-14/h6-11,21-22H,5,12H2,1-4H3. The molecule has 3 rings (SSSR count). The van der Waals surface area contributed by atoms with Gasteiger partial charge in [-0.15, -0.1) is 0 Å². The first-order valence-corrected chi connectivity index (χ1v) is 7.94. The van der Waals surface area contributed by atoms with Gasteiger partial charge in [-0.2, -0.15) is 0 Å². The highest BCUT2D eigenvalue weighted by molar-refractivity contribution is 5.59. The molecule has 2 aromatic rings. The van der Waals surface area contributed by atoms with Crippen LogP contribution in [-0.4, -0.2) is 10.2 Å². The van der Waals surface area contributed by atoms with Crippen LogP contribution in [0.1, 0.15) is 56.4 Å². The van der Waals surface area contributed by atoms with E-state index in [0.717, 1.165) is 24.0 Å². The molecule has 0 bridgehead atoms. The van der Waals surface area contributed by atoms with Gasteiger partial charge in [0.05, 0.1) is 0 Å². The van der Waals surface area contributed by atoms with Gasteiger partial charge in [0.25, 0.3) is 0 Å². The second kappa shape index (κ2) is 4.77. The number of aryl methyl sites for hydroxylation is 1. The summed E-state index contributed by atoms with van der Waals surface area (Å²) >= 11 is 0. The molecule has 0 amide bonds. The van der Waals surface area contributed by atoms with Crippen LogP contribution in [0.15, 0.2) is 36.4 Å². The molecular weight excluding hydrogens is 272 g/mol. The van der Waals surface area contributed by atoms with Crippen molar-refractivity contribution >= 4 is 0 Å². The van der Waals surface area contributed by atoms with Gasteiger partial charge in [-0.05, 0) is 53.1 Å². The van der Waals surface area contributed by atoms with E-state index < -0.39 is 0 Å². The number of hydrogen-bond acceptors (Lipinski definition) is 2. The zero-order valence-electron chi connectivity index (χ0n) is 13.8. The van der Waals surface area contributed by atoms with Crippen LogP contribution in [0.2, 0.25) is 0 Å². The lowest BCUT2D eigenvalue weighted by atomic mass is 9.75. The largest absolute Gasteiger partial charge is 0.508 e. The van der Waals surface area contributed by atoms with Gasteiger partial charge < -0.3 is 10.2 Å². The van der Waals surface area contributed by atoms with Gasteiger partial charge in [-0.3, -0.25) is 0 Å². The van der Waals surface area contributed by atoms with Crippen molar-refractivity contribution in [2.75, 3.05) is 0 Å². The lowest BCUT2D eigenvalue weighted by Gasteiger charge is -2.28. The van der Waals surface area contributed by atoms with E-state index in [9.17, 15) is 10.2 Å². The molecule has 0 saturated heterocycles. The lowest BCUT2D eigenvalue weighted by Crippen LogP contribution is -2.23. The summed E-state index contributed by atoms with van der Waals surface area (Å²) in [6.45, 7) is 8.75. The molecule has 0 radical (unpaired) electrons. The number of phenolic OH excluding ortho intramolecular Hbond substituents is 2. The molecule has 2 aromatic carbocycles. The Balaban J connectivity index is 2.27. The summed E-state index contributed by atoms with van der Waals surface area (Å²) in [6.07, 6.45) is 1.83. The maximum atomic E-state index is 10.7. The Labute approximate surface area is 132 Å². The zero-order chi connectivity index (χ0) is 16.1. The van der Waals surface area contributed by atoms with Crippen LogP contribution < -0.4 is 0 Å². The highest BCUT2D eigenvalue weighted by atomic mass is 16.3. The second-order valence-corrected chi connectivity index (χ2v) is 7.33. The van der Waals surface area contributed by atoms with Crippen molar-refractivity contribution in [3.8, 4) is 11.5 Å². The maximum Gasteiger partial charge on any atom is 0.120 e. The molecule has 2 heteroatoms. The molecule has 2 nitrogen and oxygen atoms in total. The fraction of sp³-hybridized carbons (Fsp3) is 0.400. The summed E-state index contributed by atoms with van der Waals surface area (Å²) in [6, 6.07) is 11.5. The molecule has 2 N–H and O–H groups in total. The van der Waals surface area contributed by atoms with E-state index in [4.69, 9.17) is 0 Å². The van der Waals surface area contributed by atoms with E-state index in [1.807, 2.05) is 24.3 Å². The molecule has 1 aliphatic carbocycles. The average molecular weight is 296 g/mol. The molecule has 1 atom stereocenters. The normalized spacial score (nSPS) is 22.5. The Bertz CT molecular complexity index is 730. The van der Waals surface area contributed by atoms with Gasteiger partial charge in [-0.25, -0.2) is 0 Å². The fourth-order valence-electron chi connectivity index (χ4n) is 4.17. The van der Waals surface area contributed by atoms with Crippen molar-refractivity contribution in [2.24, 2.45) is 0 Å². The number of phenols is 2. The van der Waals surface area contributed by atoms with E-state index in [-0.39, 0.29) is 16.6 Å². The van der Waals surface area contributed by atoms with Crippen LogP contribution in [0, 0.1) is 0 Å². The predicted octanol–water partition coefficient (Wildman–Crippen LogP) is 4.65. The van der Waals surface area contributed by atoms with Crippen LogP contribution in [0.25, 0.3) is 0 Å². The zero-order valence-corrected chi connectivity index (χ0v) is 13.8. The van der Waals surface area contributed by atoms with Gasteiger partial charge in [0.15, 0.2) is 0 Å². The smallest absolute Gasteiger partial charge is 0.120 e. The van der Waals surface area contributed by atoms with Crippen molar-refractivity contribution in [1.29, 1.82) is 0 Å². The van der Waals surface area contributed by atoms with Gasteiger partial charge in [-0.1, -0.05) is 45.9 Å². The highest BCUT2D eigenvalue weighted by Gasteiger charge is 2.47. The Kier molecular flexibility index (Phi) is 3.24. The summed E-state index contributed by atoms with van der Waals surface area (Å²) in [4.78, 5) is 0. The minimum absolute atomic E-state index is 0.00178. The number of rotatable bonds is 2. The molecule has 0 spiro atoms. The average Bonchev–Trinajstić information content (AvgIpc) is 2.67. The molecule has 0 fully saturated rings. The Morgan fingerprint density at radius 1 is 1.05 bits per heavy atom. The molecule has 1 aliphatic rings. The maximum absolute atomic E-state index is 10.7. The Morgan fingerprint density at radius 3 is 2.41 bits per heavy atom. The summed E-state index contributed by atoms with van der Waals surface area (Å²) in [5, 5.41) is 20.5. The second-order valence-electron chi connectivity index (χ2n) is 7.33. The van der Waals surface area contributed by atoms with Crippen LogP contribution >= 0.6 is 0 Å². The first-order chi connectivity index (χ1) is 10.3. The Morgan fingerprint density at radius 2 is 1.77 bits per heavy atom. The summed E-state index contributed by atoms with van der Waals surface area (Å²) in [7, 11) is 0. The van der Waals surface area contributed by atoms with Crippen LogP contribution in [0.5, 0.6) is 11.5 Å². The summed E-state index contributed by atoms with van der Waals surface area (Å²) < 4.78 is 0. The van der Waals surface area contributed by atoms with Gasteiger partial charge in [0.1, 0.15) is 11.5 Å². The molecule has 116 valence electrons. The predicted molar refractivity (Wildman–Crippen MR) is 89.7 cm³/mol. The molecule has 0 aromatic heterocycles. The van der Waals surface area contributed by atoms with Crippen molar-refractivity contribution < 1.29 is 10.2 Å². The molecule has 0 heterocycles. The third-order valence-electron chi connectivity index (χ3n) is 5.15. The minimum atomic E-state index is -0.284. The summed E-state index contributed by atoms with van der Waals surface area (Å²) in [5.74, 6) is 0.653. The lowest BCUT2D eigenvalue weighted by molar-refractivity contribution is 0.409. The topological polar surface area (TPSA) is 40.5 Å². The molecule has 1 unspecified atom stereocenters. The van der Waals surface area contributed by atoms with Crippen molar-refractivity contribution in [1.82, 2.24) is 0 Å².